The van der Waals surface area contributed by atoms with Gasteiger partial charge in [0, 0.05) is 5.22 Å². The third-order valence-electron chi connectivity index (χ3n) is 5.66. The van der Waals surface area contributed by atoms with E-state index in [2.05, 4.69) is 0 Å². The number of aromatic nitrogens is 1. The average Bonchev–Trinajstić information content (AvgIpc) is 3.13. The molecule has 174 valence electrons. The molecule has 1 atom stereocenters. The molecule has 8 heteroatoms. The smallest absolute Gasteiger partial charge is 0.357 e. The molecule has 3 aromatic rings. The van der Waals surface area contributed by atoms with Gasteiger partial charge in [0.2, 0.25) is 5.91 Å². The third kappa shape index (κ3) is 4.01. The number of aryl methyl sites for hydroxylation is 2. The van der Waals surface area contributed by atoms with Crippen molar-refractivity contribution in [1.82, 2.24) is 4.57 Å². The van der Waals surface area contributed by atoms with Crippen LogP contribution in [0.3, 0.4) is 0 Å². The minimum absolute atomic E-state index is 0.0577. The summed E-state index contributed by atoms with van der Waals surface area (Å²) >= 11 is 1.09. The number of carbonyl (C=O) groups excluding carboxylic acids is 3. The number of benzene rings is 2. The van der Waals surface area contributed by atoms with Crippen molar-refractivity contribution in [3.63, 3.8) is 0 Å². The molecule has 0 radical (unpaired) electrons. The Morgan fingerprint density at radius 2 is 1.50 bits per heavy atom. The van der Waals surface area contributed by atoms with E-state index in [0.29, 0.717) is 10.8 Å². The maximum atomic E-state index is 13.8. The molecule has 4 rings (SSSR count). The Labute approximate surface area is 200 Å². The predicted octanol–water partition coefficient (Wildman–Crippen LogP) is 2.71. The van der Waals surface area contributed by atoms with E-state index in [1.807, 2.05) is 62.4 Å². The molecule has 0 saturated heterocycles. The van der Waals surface area contributed by atoms with Crippen molar-refractivity contribution in [1.29, 1.82) is 0 Å². The number of anilines is 1. The molecule has 1 aromatic heterocycles. The number of hydrogen-bond donors (Lipinski definition) is 1. The van der Waals surface area contributed by atoms with E-state index >= 15 is 0 Å². The Morgan fingerprint density at radius 1 is 0.941 bits per heavy atom. The normalized spacial score (nSPS) is 15.8. The highest BCUT2D eigenvalue weighted by Crippen LogP contribution is 2.39. The molecule has 0 fully saturated rings. The van der Waals surface area contributed by atoms with Crippen LogP contribution in [0.1, 0.15) is 42.8 Å². The molecule has 0 saturated carbocycles. The molecule has 0 amide bonds. The number of nitrogens with two attached hydrogens (primary N) is 1. The number of methoxy groups -OCH3 is 2. The van der Waals surface area contributed by atoms with E-state index in [0.717, 1.165) is 28.5 Å². The molecule has 1 aliphatic heterocycles. The van der Waals surface area contributed by atoms with Gasteiger partial charge in [-0.2, -0.15) is 0 Å². The Hall–Kier alpha value is -3.78. The van der Waals surface area contributed by atoms with Crippen molar-refractivity contribution < 1.29 is 23.9 Å². The summed E-state index contributed by atoms with van der Waals surface area (Å²) in [4.78, 5) is 39.6. The Balaban J connectivity index is 2.09. The monoisotopic (exact) mass is 476 g/mol. The van der Waals surface area contributed by atoms with Crippen LogP contribution in [0.25, 0.3) is 11.0 Å². The van der Waals surface area contributed by atoms with Crippen molar-refractivity contribution in [3.05, 3.63) is 87.0 Å². The van der Waals surface area contributed by atoms with Crippen molar-refractivity contribution >= 4 is 46.3 Å². The summed E-state index contributed by atoms with van der Waals surface area (Å²) in [5.74, 6) is -1.79. The maximum absolute atomic E-state index is 13.8. The van der Waals surface area contributed by atoms with Crippen LogP contribution in [0, 0.1) is 13.8 Å². The van der Waals surface area contributed by atoms with Gasteiger partial charge in [-0.3, -0.25) is 9.36 Å². The van der Waals surface area contributed by atoms with Gasteiger partial charge >= 0.3 is 11.9 Å². The van der Waals surface area contributed by atoms with Gasteiger partial charge in [-0.25, -0.2) is 9.59 Å². The number of fused-ring (bicyclic) bond motifs is 1. The summed E-state index contributed by atoms with van der Waals surface area (Å²) in [6.45, 7) is 3.91. The second-order valence-corrected chi connectivity index (χ2v) is 9.09. The summed E-state index contributed by atoms with van der Waals surface area (Å²) < 4.78 is 11.2. The Morgan fingerprint density at radius 3 is 2.06 bits per heavy atom. The van der Waals surface area contributed by atoms with Gasteiger partial charge in [0.15, 0.2) is 5.69 Å². The van der Waals surface area contributed by atoms with Crippen LogP contribution in [-0.4, -0.2) is 36.6 Å². The second-order valence-electron chi connectivity index (χ2n) is 7.97. The van der Waals surface area contributed by atoms with Crippen LogP contribution in [-0.2, 0) is 14.3 Å². The molecule has 1 aliphatic rings. The van der Waals surface area contributed by atoms with Crippen molar-refractivity contribution in [2.24, 2.45) is 0 Å². The first kappa shape index (κ1) is 23.4. The number of hydrogen-bond acceptors (Lipinski definition) is 7. The quantitative estimate of drug-likeness (QED) is 0.578. The van der Waals surface area contributed by atoms with E-state index in [-0.39, 0.29) is 21.6 Å². The number of carbonyl (C=O) groups is 3. The topological polar surface area (TPSA) is 101 Å². The van der Waals surface area contributed by atoms with Gasteiger partial charge in [0.1, 0.15) is 10.2 Å². The molecule has 0 spiro atoms. The van der Waals surface area contributed by atoms with Crippen LogP contribution >= 0.6 is 11.8 Å². The minimum Gasteiger partial charge on any atom is -0.465 e. The van der Waals surface area contributed by atoms with Crippen molar-refractivity contribution in [2.45, 2.75) is 19.1 Å². The zero-order chi connectivity index (χ0) is 24.6. The third-order valence-corrected chi connectivity index (χ3v) is 6.97. The van der Waals surface area contributed by atoms with Crippen LogP contribution < -0.4 is 16.3 Å². The molecule has 0 aliphatic carbocycles. The van der Waals surface area contributed by atoms with E-state index in [4.69, 9.17) is 15.2 Å². The lowest BCUT2D eigenvalue weighted by atomic mass is 10.1. The van der Waals surface area contributed by atoms with Crippen molar-refractivity contribution in [3.8, 4) is 0 Å². The molecule has 34 heavy (non-hydrogen) atoms. The molecule has 0 bridgehead atoms. The fourth-order valence-electron chi connectivity index (χ4n) is 3.86. The molecule has 2 N–H and O–H groups in total. The summed E-state index contributed by atoms with van der Waals surface area (Å²) in [6.07, 6.45) is 1.75. The fourth-order valence-corrected chi connectivity index (χ4v) is 5.08. The lowest BCUT2D eigenvalue weighted by Crippen LogP contribution is -2.42. The van der Waals surface area contributed by atoms with Gasteiger partial charge in [-0.1, -0.05) is 71.4 Å². The van der Waals surface area contributed by atoms with Crippen molar-refractivity contribution in [2.75, 3.05) is 20.0 Å². The summed E-state index contributed by atoms with van der Waals surface area (Å²) in [5.41, 5.74) is 9.97. The van der Waals surface area contributed by atoms with Crippen LogP contribution in [0.5, 0.6) is 0 Å². The van der Waals surface area contributed by atoms with Gasteiger partial charge in [-0.15, -0.1) is 0 Å². The minimum atomic E-state index is -0.773. The summed E-state index contributed by atoms with van der Waals surface area (Å²) in [7, 11) is 2.49. The highest BCUT2D eigenvalue weighted by molar-refractivity contribution is 8.10. The zero-order valence-electron chi connectivity index (χ0n) is 19.2. The predicted molar refractivity (Wildman–Crippen MR) is 132 cm³/mol. The maximum Gasteiger partial charge on any atom is 0.357 e. The molecule has 2 heterocycles. The first-order valence-electron chi connectivity index (χ1n) is 10.5. The summed E-state index contributed by atoms with van der Waals surface area (Å²) in [5, 5.41) is -0.166. The summed E-state index contributed by atoms with van der Waals surface area (Å²) in [6, 6.07) is 15.1. The second kappa shape index (κ2) is 9.23. The Bertz CT molecular complexity index is 1420. The number of esters is 2. The van der Waals surface area contributed by atoms with Gasteiger partial charge < -0.3 is 15.2 Å². The first-order chi connectivity index (χ1) is 16.3. The Kier molecular flexibility index (Phi) is 6.34. The zero-order valence-corrected chi connectivity index (χ0v) is 20.1. The van der Waals surface area contributed by atoms with E-state index in [9.17, 15) is 14.4 Å². The SMILES string of the molecule is COC(=O)C1=c2/c(=C/c3ccc(C)cc3)c(N)c(C(=O)OC)n2C(=O)[C@H](c2ccc(C)cc2)S1. The van der Waals surface area contributed by atoms with E-state index < -0.39 is 23.1 Å². The molecule has 0 unspecified atom stereocenters. The first-order valence-corrected chi connectivity index (χ1v) is 11.4. The van der Waals surface area contributed by atoms with Crippen LogP contribution in [0.4, 0.5) is 5.69 Å². The van der Waals surface area contributed by atoms with Crippen LogP contribution in [0.15, 0.2) is 48.5 Å². The average molecular weight is 477 g/mol. The molecule has 2 aromatic carbocycles. The highest BCUT2D eigenvalue weighted by Gasteiger charge is 2.38. The lowest BCUT2D eigenvalue weighted by Gasteiger charge is -2.23. The molecular weight excluding hydrogens is 452 g/mol. The highest BCUT2D eigenvalue weighted by atomic mass is 32.2. The van der Waals surface area contributed by atoms with E-state index in [1.165, 1.54) is 18.8 Å². The number of ether oxygens (including phenoxy) is 2. The molecule has 7 nitrogen and oxygen atoms in total. The van der Waals surface area contributed by atoms with Gasteiger partial charge in [0.05, 0.1) is 25.3 Å². The fraction of sp³-hybridized carbons (Fsp3) is 0.192. The van der Waals surface area contributed by atoms with Crippen LogP contribution in [0.2, 0.25) is 0 Å². The number of nitrogen functional groups attached to an aromatic ring is 1. The van der Waals surface area contributed by atoms with Gasteiger partial charge in [0.25, 0.3) is 0 Å². The lowest BCUT2D eigenvalue weighted by molar-refractivity contribution is -0.133. The van der Waals surface area contributed by atoms with E-state index in [1.54, 1.807) is 6.08 Å². The number of rotatable bonds is 4. The standard InChI is InChI=1S/C26H24N2O5S/c1-14-5-9-16(10-6-14)13-18-19(27)21(25(30)32-3)28-20(18)23(26(31)33-4)34-22(24(28)29)17-11-7-15(2)8-12-17/h5-13,22H,27H2,1-4H3/b18-13+/t22-/m0/s1. The largest absolute Gasteiger partial charge is 0.465 e. The number of nitrogens with zero attached hydrogens (tertiary/aromatic N) is 1. The van der Waals surface area contributed by atoms with Gasteiger partial charge in [-0.05, 0) is 31.1 Å². The molecular formula is C26H24N2O5S. The number of thioether (sulfide) groups is 1.